The molecule has 0 aliphatic rings. The Balaban J connectivity index is 3.24. The van der Waals surface area contributed by atoms with Gasteiger partial charge in [-0.05, 0) is 12.8 Å². The molecule has 0 fully saturated rings. The Morgan fingerprint density at radius 1 is 0.327 bits per heavy atom. The van der Waals surface area contributed by atoms with E-state index >= 15 is 0 Å². The molecule has 2 amide bonds. The lowest BCUT2D eigenvalue weighted by Gasteiger charge is -2.09. The Labute approximate surface area is 304 Å². The zero-order chi connectivity index (χ0) is 35.6. The first-order valence-electron chi connectivity index (χ1n) is 21.6. The molecule has 7 nitrogen and oxygen atoms in total. The molecule has 0 radical (unpaired) electrons. The Morgan fingerprint density at radius 3 is 0.796 bits per heavy atom. The molecule has 7 heteroatoms. The minimum atomic E-state index is -0.394. The second kappa shape index (κ2) is 42.7. The van der Waals surface area contributed by atoms with Crippen molar-refractivity contribution < 1.29 is 23.8 Å². The van der Waals surface area contributed by atoms with Crippen LogP contribution in [0.5, 0.6) is 0 Å². The number of nitrogens with one attached hydrogen (secondary N) is 2. The number of carbonyl (C=O) groups excluding carboxylic acids is 2. The van der Waals surface area contributed by atoms with E-state index in [4.69, 9.17) is 14.2 Å². The van der Waals surface area contributed by atoms with E-state index < -0.39 is 12.2 Å². The number of ether oxygens (including phenoxy) is 3. The van der Waals surface area contributed by atoms with Gasteiger partial charge in [0.05, 0.1) is 13.2 Å². The van der Waals surface area contributed by atoms with E-state index in [1.54, 1.807) is 0 Å². The summed E-state index contributed by atoms with van der Waals surface area (Å²) in [5.41, 5.74) is 0. The third-order valence-corrected chi connectivity index (χ3v) is 9.52. The highest BCUT2D eigenvalue weighted by molar-refractivity contribution is 5.67. The fourth-order valence-electron chi connectivity index (χ4n) is 6.32. The number of carbonyl (C=O) groups is 2. The zero-order valence-electron chi connectivity index (χ0n) is 32.9. The largest absolute Gasteiger partial charge is 0.447 e. The van der Waals surface area contributed by atoms with Gasteiger partial charge in [-0.15, -0.1) is 0 Å². The highest BCUT2D eigenvalue weighted by Crippen LogP contribution is 2.15. The molecular formula is C42H84N2O5. The van der Waals surface area contributed by atoms with Crippen molar-refractivity contribution in [2.24, 2.45) is 0 Å². The molecule has 0 saturated heterocycles. The van der Waals surface area contributed by atoms with Crippen LogP contribution in [0.2, 0.25) is 0 Å². The zero-order valence-corrected chi connectivity index (χ0v) is 32.9. The number of hydrogen-bond donors (Lipinski definition) is 2. The van der Waals surface area contributed by atoms with E-state index in [0.717, 1.165) is 25.7 Å². The third kappa shape index (κ3) is 42.6. The number of unbranched alkanes of at least 4 members (excludes halogenated alkanes) is 30. The monoisotopic (exact) mass is 697 g/mol. The van der Waals surface area contributed by atoms with Gasteiger partial charge in [0.15, 0.2) is 0 Å². The van der Waals surface area contributed by atoms with E-state index in [9.17, 15) is 9.59 Å². The SMILES string of the molecule is CCCCCCCCCCCCCCCCCCNC(=O)OCCOCCOC(=O)NCCCCCCCCCCCCCCCCCC. The molecule has 2 N–H and O–H groups in total. The van der Waals surface area contributed by atoms with Crippen LogP contribution < -0.4 is 10.6 Å². The average molecular weight is 697 g/mol. The number of hydrogen-bond acceptors (Lipinski definition) is 5. The predicted molar refractivity (Wildman–Crippen MR) is 209 cm³/mol. The number of alkyl carbamates (subject to hydrolysis) is 2. The van der Waals surface area contributed by atoms with Gasteiger partial charge in [-0.25, -0.2) is 9.59 Å². The van der Waals surface area contributed by atoms with Crippen molar-refractivity contribution in [1.82, 2.24) is 10.6 Å². The molecule has 0 aliphatic heterocycles. The lowest BCUT2D eigenvalue weighted by Crippen LogP contribution is -2.27. The maximum absolute atomic E-state index is 11.8. The van der Waals surface area contributed by atoms with Gasteiger partial charge in [0.1, 0.15) is 13.2 Å². The van der Waals surface area contributed by atoms with Crippen molar-refractivity contribution in [3.05, 3.63) is 0 Å². The van der Waals surface area contributed by atoms with Crippen LogP contribution in [0.1, 0.15) is 219 Å². The van der Waals surface area contributed by atoms with Gasteiger partial charge in [-0.2, -0.15) is 0 Å². The second-order valence-electron chi connectivity index (χ2n) is 14.3. The minimum absolute atomic E-state index is 0.191. The van der Waals surface area contributed by atoms with E-state index in [-0.39, 0.29) is 26.4 Å². The fourth-order valence-corrected chi connectivity index (χ4v) is 6.32. The van der Waals surface area contributed by atoms with Crippen LogP contribution in [0.15, 0.2) is 0 Å². The quantitative estimate of drug-likeness (QED) is 0.0623. The summed E-state index contributed by atoms with van der Waals surface area (Å²) in [6.45, 7) is 6.82. The topological polar surface area (TPSA) is 85.9 Å². The average Bonchev–Trinajstić information content (AvgIpc) is 3.10. The molecule has 0 saturated carbocycles. The molecular weight excluding hydrogens is 612 g/mol. The van der Waals surface area contributed by atoms with Gasteiger partial charge >= 0.3 is 12.2 Å². The highest BCUT2D eigenvalue weighted by Gasteiger charge is 2.03. The smallest absolute Gasteiger partial charge is 0.407 e. The van der Waals surface area contributed by atoms with Crippen molar-refractivity contribution >= 4 is 12.2 Å². The fraction of sp³-hybridized carbons (Fsp3) is 0.952. The molecule has 0 spiro atoms. The van der Waals surface area contributed by atoms with Crippen molar-refractivity contribution in [3.63, 3.8) is 0 Å². The summed E-state index contributed by atoms with van der Waals surface area (Å²) in [6, 6.07) is 0. The summed E-state index contributed by atoms with van der Waals surface area (Å²) >= 11 is 0. The summed E-state index contributed by atoms with van der Waals surface area (Å²) in [7, 11) is 0. The molecule has 0 aromatic heterocycles. The van der Waals surface area contributed by atoms with Crippen LogP contribution in [-0.4, -0.2) is 51.7 Å². The third-order valence-electron chi connectivity index (χ3n) is 9.52. The molecule has 0 heterocycles. The first kappa shape index (κ1) is 47.5. The molecule has 0 bridgehead atoms. The predicted octanol–water partition coefficient (Wildman–Crippen LogP) is 13.0. The maximum atomic E-state index is 11.8. The molecule has 49 heavy (non-hydrogen) atoms. The Hall–Kier alpha value is -1.50. The van der Waals surface area contributed by atoms with Crippen LogP contribution >= 0.6 is 0 Å². The summed E-state index contributed by atoms with van der Waals surface area (Å²) in [5.74, 6) is 0. The van der Waals surface area contributed by atoms with E-state index in [1.165, 1.54) is 180 Å². The van der Waals surface area contributed by atoms with Crippen LogP contribution in [0.3, 0.4) is 0 Å². The molecule has 292 valence electrons. The normalized spacial score (nSPS) is 11.1. The molecule has 0 aromatic carbocycles. The molecule has 0 unspecified atom stereocenters. The first-order valence-corrected chi connectivity index (χ1v) is 21.6. The minimum Gasteiger partial charge on any atom is -0.447 e. The van der Waals surface area contributed by atoms with Crippen molar-refractivity contribution in [2.75, 3.05) is 39.5 Å². The summed E-state index contributed by atoms with van der Waals surface area (Å²) in [5, 5.41) is 5.62. The summed E-state index contributed by atoms with van der Waals surface area (Å²) < 4.78 is 15.7. The van der Waals surface area contributed by atoms with Crippen molar-refractivity contribution in [1.29, 1.82) is 0 Å². The number of rotatable bonds is 40. The molecule has 0 aliphatic carbocycles. The standard InChI is InChI=1S/C42H84N2O5/c1-3-5-7-9-11-13-15-17-19-21-23-25-27-29-31-33-35-43-41(45)48-39-37-47-38-40-49-42(46)44-36-34-32-30-28-26-24-22-20-18-16-14-12-10-8-6-4-2/h3-40H2,1-2H3,(H,43,45)(H,44,46). The Morgan fingerprint density at radius 2 is 0.551 bits per heavy atom. The highest BCUT2D eigenvalue weighted by atomic mass is 16.6. The van der Waals surface area contributed by atoms with Crippen LogP contribution in [0.4, 0.5) is 9.59 Å². The van der Waals surface area contributed by atoms with Gasteiger partial charge in [0.2, 0.25) is 0 Å². The summed E-state index contributed by atoms with van der Waals surface area (Å²) in [6.07, 6.45) is 42.1. The maximum Gasteiger partial charge on any atom is 0.407 e. The van der Waals surface area contributed by atoms with Crippen LogP contribution in [-0.2, 0) is 14.2 Å². The van der Waals surface area contributed by atoms with E-state index in [1.807, 2.05) is 0 Å². The van der Waals surface area contributed by atoms with Gasteiger partial charge in [0.25, 0.3) is 0 Å². The summed E-state index contributed by atoms with van der Waals surface area (Å²) in [4.78, 5) is 23.6. The Kier molecular flexibility index (Phi) is 41.4. The van der Waals surface area contributed by atoms with E-state index in [2.05, 4.69) is 24.5 Å². The van der Waals surface area contributed by atoms with Gasteiger partial charge in [0, 0.05) is 13.1 Å². The Bertz CT molecular complexity index is 609. The van der Waals surface area contributed by atoms with Crippen molar-refractivity contribution in [3.8, 4) is 0 Å². The van der Waals surface area contributed by atoms with Gasteiger partial charge in [-0.1, -0.05) is 206 Å². The van der Waals surface area contributed by atoms with Gasteiger partial charge < -0.3 is 24.8 Å². The lowest BCUT2D eigenvalue weighted by molar-refractivity contribution is 0.0457. The van der Waals surface area contributed by atoms with Crippen LogP contribution in [0, 0.1) is 0 Å². The molecule has 0 rings (SSSR count). The van der Waals surface area contributed by atoms with Gasteiger partial charge in [-0.3, -0.25) is 0 Å². The number of amides is 2. The molecule has 0 aromatic rings. The molecule has 0 atom stereocenters. The second-order valence-corrected chi connectivity index (χ2v) is 14.3. The van der Waals surface area contributed by atoms with E-state index in [0.29, 0.717) is 13.1 Å². The van der Waals surface area contributed by atoms with Crippen molar-refractivity contribution in [2.45, 2.75) is 219 Å². The lowest BCUT2D eigenvalue weighted by atomic mass is 10.0. The van der Waals surface area contributed by atoms with Crippen LogP contribution in [0.25, 0.3) is 0 Å². The first-order chi connectivity index (χ1) is 24.2.